The molecule has 0 saturated heterocycles. The van der Waals surface area contributed by atoms with Crippen LogP contribution in [-0.2, 0) is 26.2 Å². The average molecular weight is 323 g/mol. The van der Waals surface area contributed by atoms with Gasteiger partial charge in [0.1, 0.15) is 0 Å². The first-order valence-corrected chi connectivity index (χ1v) is 4.13. The Morgan fingerprint density at radius 3 is 2.40 bits per heavy atom. The molecular formula is C11H13Cl2OZr-. The standard InChI is InChI=1S/C11H11O.2ClH.Zr/c1-8-6-9(2)10(7-8)11-4-3-5-12-11;;;/h3-6,8H,1-2H3;2*1H;/q-1;;;. The van der Waals surface area contributed by atoms with E-state index in [0.29, 0.717) is 5.92 Å². The Hall–Kier alpha value is 0.223. The topological polar surface area (TPSA) is 13.1 Å². The van der Waals surface area contributed by atoms with E-state index in [9.17, 15) is 0 Å². The third-order valence-corrected chi connectivity index (χ3v) is 2.03. The molecule has 1 aromatic rings. The van der Waals surface area contributed by atoms with Crippen molar-refractivity contribution in [3.63, 3.8) is 0 Å². The largest absolute Gasteiger partial charge is 0.523 e. The van der Waals surface area contributed by atoms with Crippen LogP contribution in [0.15, 0.2) is 34.5 Å². The van der Waals surface area contributed by atoms with Gasteiger partial charge in [-0.1, -0.05) is 25.8 Å². The van der Waals surface area contributed by atoms with E-state index in [-0.39, 0.29) is 51.0 Å². The molecule has 0 saturated carbocycles. The Labute approximate surface area is 122 Å². The van der Waals surface area contributed by atoms with Crippen LogP contribution >= 0.6 is 24.8 Å². The van der Waals surface area contributed by atoms with Gasteiger partial charge in [-0.25, -0.2) is 0 Å². The molecule has 0 N–H and O–H groups in total. The van der Waals surface area contributed by atoms with E-state index in [0.717, 1.165) is 11.3 Å². The number of hydrogen-bond acceptors (Lipinski definition) is 1. The van der Waals surface area contributed by atoms with Gasteiger partial charge in [-0.3, -0.25) is 0 Å². The van der Waals surface area contributed by atoms with Gasteiger partial charge >= 0.3 is 0 Å². The van der Waals surface area contributed by atoms with Crippen molar-refractivity contribution in [3.05, 3.63) is 41.9 Å². The van der Waals surface area contributed by atoms with Gasteiger partial charge in [-0.15, -0.1) is 30.9 Å². The van der Waals surface area contributed by atoms with Crippen molar-refractivity contribution in [1.29, 1.82) is 0 Å². The molecule has 0 bridgehead atoms. The monoisotopic (exact) mass is 321 g/mol. The predicted molar refractivity (Wildman–Crippen MR) is 62.8 cm³/mol. The minimum atomic E-state index is 0. The maximum atomic E-state index is 5.30. The van der Waals surface area contributed by atoms with Crippen LogP contribution in [0.1, 0.15) is 19.6 Å². The molecular weight excluding hydrogens is 310 g/mol. The molecule has 0 spiro atoms. The van der Waals surface area contributed by atoms with Crippen LogP contribution < -0.4 is 0 Å². The fourth-order valence-electron chi connectivity index (χ4n) is 1.53. The number of halogens is 2. The summed E-state index contributed by atoms with van der Waals surface area (Å²) in [4.78, 5) is 0. The van der Waals surface area contributed by atoms with Gasteiger partial charge in [-0.05, 0) is 6.07 Å². The van der Waals surface area contributed by atoms with Crippen LogP contribution in [0, 0.1) is 12.0 Å². The second kappa shape index (κ2) is 7.49. The van der Waals surface area contributed by atoms with Gasteiger partial charge in [0.05, 0.1) is 6.26 Å². The molecule has 1 atom stereocenters. The molecule has 0 radical (unpaired) electrons. The van der Waals surface area contributed by atoms with E-state index in [1.165, 1.54) is 5.57 Å². The molecule has 1 aromatic heterocycles. The van der Waals surface area contributed by atoms with E-state index in [1.54, 1.807) is 6.26 Å². The summed E-state index contributed by atoms with van der Waals surface area (Å²) >= 11 is 0. The first kappa shape index (κ1) is 17.6. The van der Waals surface area contributed by atoms with Gasteiger partial charge in [-0.2, -0.15) is 17.2 Å². The van der Waals surface area contributed by atoms with Crippen LogP contribution in [0.25, 0.3) is 5.57 Å². The third-order valence-electron chi connectivity index (χ3n) is 2.03. The summed E-state index contributed by atoms with van der Waals surface area (Å²) in [7, 11) is 0. The Balaban J connectivity index is 0. The van der Waals surface area contributed by atoms with Gasteiger partial charge in [0.15, 0.2) is 0 Å². The van der Waals surface area contributed by atoms with Gasteiger partial charge in [0.25, 0.3) is 0 Å². The maximum Gasteiger partial charge on any atom is 0.0725 e. The Morgan fingerprint density at radius 1 is 1.33 bits per heavy atom. The molecule has 1 aliphatic rings. The van der Waals surface area contributed by atoms with Crippen LogP contribution in [0.2, 0.25) is 0 Å². The fraction of sp³-hybridized carbons (Fsp3) is 0.273. The second-order valence-corrected chi connectivity index (χ2v) is 3.13. The molecule has 15 heavy (non-hydrogen) atoms. The maximum absolute atomic E-state index is 5.30. The molecule has 0 aliphatic heterocycles. The van der Waals surface area contributed by atoms with Crippen molar-refractivity contribution in [1.82, 2.24) is 0 Å². The summed E-state index contributed by atoms with van der Waals surface area (Å²) in [6.45, 7) is 4.22. The first-order valence-electron chi connectivity index (χ1n) is 4.13. The minimum Gasteiger partial charge on any atom is -0.523 e. The zero-order valence-corrected chi connectivity index (χ0v) is 12.7. The summed E-state index contributed by atoms with van der Waals surface area (Å²) < 4.78 is 5.30. The number of allylic oxidation sites excluding steroid dienone is 4. The Morgan fingerprint density at radius 2 is 2.00 bits per heavy atom. The zero-order chi connectivity index (χ0) is 8.55. The van der Waals surface area contributed by atoms with Crippen molar-refractivity contribution in [3.8, 4) is 0 Å². The van der Waals surface area contributed by atoms with Gasteiger partial charge in [0, 0.05) is 32.0 Å². The van der Waals surface area contributed by atoms with E-state index in [4.69, 9.17) is 4.42 Å². The van der Waals surface area contributed by atoms with E-state index in [2.05, 4.69) is 26.0 Å². The second-order valence-electron chi connectivity index (χ2n) is 3.13. The number of furan rings is 1. The van der Waals surface area contributed by atoms with Crippen LogP contribution in [-0.4, -0.2) is 0 Å². The SMILES string of the molecule is CC1=CC(C)[C-]=C1c1ccco1.Cl.Cl.[Zr]. The number of hydrogen-bond donors (Lipinski definition) is 0. The van der Waals surface area contributed by atoms with E-state index >= 15 is 0 Å². The Kier molecular flexibility index (Phi) is 8.79. The Bertz CT molecular complexity index is 341. The van der Waals surface area contributed by atoms with Crippen molar-refractivity contribution < 1.29 is 30.6 Å². The fourth-order valence-corrected chi connectivity index (χ4v) is 1.53. The number of rotatable bonds is 1. The quantitative estimate of drug-likeness (QED) is 0.714. The molecule has 0 aromatic carbocycles. The molecule has 4 heteroatoms. The van der Waals surface area contributed by atoms with E-state index in [1.807, 2.05) is 12.1 Å². The summed E-state index contributed by atoms with van der Waals surface area (Å²) in [6.07, 6.45) is 7.22. The predicted octanol–water partition coefficient (Wildman–Crippen LogP) is 3.90. The molecule has 0 fully saturated rings. The molecule has 1 aliphatic carbocycles. The van der Waals surface area contributed by atoms with Gasteiger partial charge < -0.3 is 4.42 Å². The van der Waals surface area contributed by atoms with Crippen molar-refractivity contribution in [2.45, 2.75) is 13.8 Å². The first-order chi connectivity index (χ1) is 5.77. The third kappa shape index (κ3) is 3.94. The minimum absolute atomic E-state index is 0. The molecule has 1 heterocycles. The van der Waals surface area contributed by atoms with Crippen LogP contribution in [0.5, 0.6) is 0 Å². The molecule has 1 unspecified atom stereocenters. The normalized spacial score (nSPS) is 17.9. The smallest absolute Gasteiger partial charge is 0.0725 e. The van der Waals surface area contributed by atoms with Crippen molar-refractivity contribution >= 4 is 30.4 Å². The summed E-state index contributed by atoms with van der Waals surface area (Å²) in [6, 6.07) is 3.87. The molecule has 1 nitrogen and oxygen atoms in total. The average Bonchev–Trinajstić information content (AvgIpc) is 2.58. The van der Waals surface area contributed by atoms with E-state index < -0.39 is 0 Å². The zero-order valence-electron chi connectivity index (χ0n) is 8.61. The van der Waals surface area contributed by atoms with Crippen LogP contribution in [0.3, 0.4) is 0 Å². The van der Waals surface area contributed by atoms with Gasteiger partial charge in [0.2, 0.25) is 0 Å². The van der Waals surface area contributed by atoms with Crippen LogP contribution in [0.4, 0.5) is 0 Å². The summed E-state index contributed by atoms with van der Waals surface area (Å²) in [5, 5.41) is 0. The van der Waals surface area contributed by atoms with Crippen molar-refractivity contribution in [2.24, 2.45) is 5.92 Å². The molecule has 0 amide bonds. The molecule has 82 valence electrons. The van der Waals surface area contributed by atoms with Crippen molar-refractivity contribution in [2.75, 3.05) is 0 Å². The molecule has 2 rings (SSSR count). The summed E-state index contributed by atoms with van der Waals surface area (Å²) in [5.74, 6) is 1.35. The summed E-state index contributed by atoms with van der Waals surface area (Å²) in [5.41, 5.74) is 2.38.